The standard InChI is InChI=1S/C16H24N2/c1-16(2,3)14-11-17(4)12-18(5)15(14)13-9-7-6-8-10-13/h6-10H,11-12H2,1-5H3. The molecular formula is C16H24N2. The highest BCUT2D eigenvalue weighted by atomic mass is 15.3. The molecule has 0 saturated carbocycles. The molecule has 0 bridgehead atoms. The molecule has 2 nitrogen and oxygen atoms in total. The van der Waals surface area contributed by atoms with Crippen molar-refractivity contribution >= 4 is 5.70 Å². The average Bonchev–Trinajstić information content (AvgIpc) is 2.28. The molecule has 1 aliphatic rings. The summed E-state index contributed by atoms with van der Waals surface area (Å²) < 4.78 is 0. The minimum Gasteiger partial charge on any atom is -0.361 e. The Bertz CT molecular complexity index is 440. The van der Waals surface area contributed by atoms with Crippen LogP contribution < -0.4 is 0 Å². The van der Waals surface area contributed by atoms with Crippen molar-refractivity contribution in [3.63, 3.8) is 0 Å². The summed E-state index contributed by atoms with van der Waals surface area (Å²) in [5.74, 6) is 0. The zero-order valence-electron chi connectivity index (χ0n) is 12.2. The van der Waals surface area contributed by atoms with Crippen molar-refractivity contribution in [3.05, 3.63) is 41.5 Å². The molecule has 0 fully saturated rings. The maximum atomic E-state index is 2.37. The molecule has 2 rings (SSSR count). The molecular weight excluding hydrogens is 220 g/mol. The Morgan fingerprint density at radius 3 is 2.17 bits per heavy atom. The smallest absolute Gasteiger partial charge is 0.0704 e. The molecule has 0 aliphatic carbocycles. The van der Waals surface area contributed by atoms with Crippen molar-refractivity contribution in [3.8, 4) is 0 Å². The highest BCUT2D eigenvalue weighted by Crippen LogP contribution is 2.36. The Labute approximate surface area is 111 Å². The van der Waals surface area contributed by atoms with Gasteiger partial charge in [0.1, 0.15) is 0 Å². The summed E-state index contributed by atoms with van der Waals surface area (Å²) in [6.07, 6.45) is 0. The molecule has 1 heterocycles. The predicted octanol–water partition coefficient (Wildman–Crippen LogP) is 3.28. The maximum Gasteiger partial charge on any atom is 0.0704 e. The van der Waals surface area contributed by atoms with Crippen molar-refractivity contribution in [2.75, 3.05) is 27.3 Å². The Morgan fingerprint density at radius 2 is 1.61 bits per heavy atom. The third-order valence-corrected chi connectivity index (χ3v) is 3.50. The predicted molar refractivity (Wildman–Crippen MR) is 78.1 cm³/mol. The van der Waals surface area contributed by atoms with E-state index in [4.69, 9.17) is 0 Å². The molecule has 0 spiro atoms. The Hall–Kier alpha value is -1.28. The molecule has 0 N–H and O–H groups in total. The van der Waals surface area contributed by atoms with Crippen molar-refractivity contribution < 1.29 is 0 Å². The summed E-state index contributed by atoms with van der Waals surface area (Å²) in [5.41, 5.74) is 4.46. The fraction of sp³-hybridized carbons (Fsp3) is 0.500. The fourth-order valence-electron chi connectivity index (χ4n) is 2.64. The average molecular weight is 244 g/mol. The molecule has 0 amide bonds. The quantitative estimate of drug-likeness (QED) is 0.748. The van der Waals surface area contributed by atoms with Crippen LogP contribution in [0.4, 0.5) is 0 Å². The van der Waals surface area contributed by atoms with Crippen LogP contribution in [0.25, 0.3) is 5.70 Å². The van der Waals surface area contributed by atoms with Crippen LogP contribution in [-0.2, 0) is 0 Å². The number of likely N-dealkylation sites (N-methyl/N-ethyl adjacent to an activating group) is 1. The number of rotatable bonds is 1. The van der Waals surface area contributed by atoms with Crippen molar-refractivity contribution in [2.24, 2.45) is 5.41 Å². The summed E-state index contributed by atoms with van der Waals surface area (Å²) in [5, 5.41) is 0. The molecule has 98 valence electrons. The molecule has 0 saturated heterocycles. The van der Waals surface area contributed by atoms with Crippen LogP contribution in [-0.4, -0.2) is 37.1 Å². The summed E-state index contributed by atoms with van der Waals surface area (Å²) in [6, 6.07) is 10.7. The van der Waals surface area contributed by atoms with Gasteiger partial charge in [-0.25, -0.2) is 0 Å². The lowest BCUT2D eigenvalue weighted by Gasteiger charge is -2.41. The maximum absolute atomic E-state index is 2.37. The Morgan fingerprint density at radius 1 is 1.00 bits per heavy atom. The van der Waals surface area contributed by atoms with Gasteiger partial charge in [0.05, 0.1) is 6.67 Å². The van der Waals surface area contributed by atoms with Gasteiger partial charge in [-0.1, -0.05) is 51.1 Å². The molecule has 1 aromatic rings. The number of nitrogens with zero attached hydrogens (tertiary/aromatic N) is 2. The fourth-order valence-corrected chi connectivity index (χ4v) is 2.64. The van der Waals surface area contributed by atoms with Gasteiger partial charge in [0.15, 0.2) is 0 Å². The topological polar surface area (TPSA) is 6.48 Å². The van der Waals surface area contributed by atoms with E-state index in [2.05, 4.69) is 75.0 Å². The molecule has 18 heavy (non-hydrogen) atoms. The van der Waals surface area contributed by atoms with Crippen molar-refractivity contribution in [1.29, 1.82) is 0 Å². The SMILES string of the molecule is CN1CC(C(C)(C)C)=C(c2ccccc2)N(C)C1. The van der Waals surface area contributed by atoms with Gasteiger partial charge >= 0.3 is 0 Å². The van der Waals surface area contributed by atoms with Gasteiger partial charge in [-0.2, -0.15) is 0 Å². The van der Waals surface area contributed by atoms with Crippen LogP contribution in [0.5, 0.6) is 0 Å². The first-order valence-electron chi connectivity index (χ1n) is 6.58. The van der Waals surface area contributed by atoms with Gasteiger partial charge in [0.25, 0.3) is 0 Å². The van der Waals surface area contributed by atoms with Crippen LogP contribution in [0.3, 0.4) is 0 Å². The van der Waals surface area contributed by atoms with E-state index in [-0.39, 0.29) is 5.41 Å². The van der Waals surface area contributed by atoms with E-state index in [1.165, 1.54) is 16.8 Å². The molecule has 0 aromatic heterocycles. The van der Waals surface area contributed by atoms with E-state index < -0.39 is 0 Å². The first kappa shape index (κ1) is 13.2. The van der Waals surface area contributed by atoms with E-state index in [9.17, 15) is 0 Å². The van der Waals surface area contributed by atoms with E-state index in [1.807, 2.05) is 0 Å². The van der Waals surface area contributed by atoms with Gasteiger partial charge in [0, 0.05) is 19.3 Å². The minimum absolute atomic E-state index is 0.202. The molecule has 1 aromatic carbocycles. The highest BCUT2D eigenvalue weighted by molar-refractivity contribution is 5.69. The van der Waals surface area contributed by atoms with Crippen molar-refractivity contribution in [1.82, 2.24) is 9.80 Å². The lowest BCUT2D eigenvalue weighted by Crippen LogP contribution is -2.41. The Kier molecular flexibility index (Phi) is 3.49. The van der Waals surface area contributed by atoms with Gasteiger partial charge in [0.2, 0.25) is 0 Å². The van der Waals surface area contributed by atoms with Crippen LogP contribution in [0.1, 0.15) is 26.3 Å². The normalized spacial score (nSPS) is 18.4. The third kappa shape index (κ3) is 2.59. The summed E-state index contributed by atoms with van der Waals surface area (Å²) in [4.78, 5) is 4.73. The van der Waals surface area contributed by atoms with Gasteiger partial charge in [-0.05, 0) is 23.6 Å². The number of benzene rings is 1. The van der Waals surface area contributed by atoms with Crippen LogP contribution >= 0.6 is 0 Å². The zero-order valence-corrected chi connectivity index (χ0v) is 12.2. The molecule has 0 atom stereocenters. The van der Waals surface area contributed by atoms with E-state index in [0.29, 0.717) is 0 Å². The van der Waals surface area contributed by atoms with Gasteiger partial charge in [-0.3, -0.25) is 4.90 Å². The summed E-state index contributed by atoms with van der Waals surface area (Å²) in [6.45, 7) is 8.96. The second-order valence-corrected chi connectivity index (χ2v) is 6.30. The first-order chi connectivity index (χ1) is 8.39. The van der Waals surface area contributed by atoms with Crippen molar-refractivity contribution in [2.45, 2.75) is 20.8 Å². The molecule has 0 unspecified atom stereocenters. The minimum atomic E-state index is 0.202. The van der Waals surface area contributed by atoms with Gasteiger partial charge in [-0.15, -0.1) is 0 Å². The second kappa shape index (κ2) is 4.77. The summed E-state index contributed by atoms with van der Waals surface area (Å²) in [7, 11) is 4.37. The number of hydrogen-bond donors (Lipinski definition) is 0. The highest BCUT2D eigenvalue weighted by Gasteiger charge is 2.28. The second-order valence-electron chi connectivity index (χ2n) is 6.30. The summed E-state index contributed by atoms with van der Waals surface area (Å²) >= 11 is 0. The third-order valence-electron chi connectivity index (χ3n) is 3.50. The lowest BCUT2D eigenvalue weighted by molar-refractivity contribution is 0.215. The molecule has 0 radical (unpaired) electrons. The van der Waals surface area contributed by atoms with Crippen LogP contribution in [0.15, 0.2) is 35.9 Å². The molecule has 2 heteroatoms. The monoisotopic (exact) mass is 244 g/mol. The first-order valence-corrected chi connectivity index (χ1v) is 6.58. The van der Waals surface area contributed by atoms with Gasteiger partial charge < -0.3 is 4.90 Å². The number of hydrogen-bond acceptors (Lipinski definition) is 2. The van der Waals surface area contributed by atoms with E-state index in [0.717, 1.165) is 13.2 Å². The molecule has 1 aliphatic heterocycles. The van der Waals surface area contributed by atoms with E-state index in [1.54, 1.807) is 0 Å². The van der Waals surface area contributed by atoms with Crippen LogP contribution in [0, 0.1) is 5.41 Å². The van der Waals surface area contributed by atoms with E-state index >= 15 is 0 Å². The van der Waals surface area contributed by atoms with Crippen LogP contribution in [0.2, 0.25) is 0 Å². The lowest BCUT2D eigenvalue weighted by atomic mass is 9.82. The zero-order chi connectivity index (χ0) is 13.3. The Balaban J connectivity index is 2.55. The largest absolute Gasteiger partial charge is 0.361 e.